The van der Waals surface area contributed by atoms with E-state index in [2.05, 4.69) is 236 Å². The lowest BCUT2D eigenvalue weighted by Crippen LogP contribution is -2.10. The van der Waals surface area contributed by atoms with Gasteiger partial charge in [0.25, 0.3) is 0 Å². The minimum atomic E-state index is 0.386. The molecule has 0 radical (unpaired) electrons. The average molecular weight is 893 g/mol. The monoisotopic (exact) mass is 892 g/mol. The summed E-state index contributed by atoms with van der Waals surface area (Å²) in [6, 6.07) is 87.3. The molecule has 13 aromatic rings. The van der Waals surface area contributed by atoms with Crippen molar-refractivity contribution < 1.29 is 0 Å². The van der Waals surface area contributed by atoms with Gasteiger partial charge in [-0.25, -0.2) is 4.85 Å². The molecule has 0 aliphatic carbocycles. The van der Waals surface area contributed by atoms with Crippen LogP contribution in [0.1, 0.15) is 5.56 Å². The first-order valence-electron chi connectivity index (χ1n) is 23.4. The second-order valence-corrected chi connectivity index (χ2v) is 17.5. The molecule has 0 bridgehead atoms. The SMILES string of the molecule is [C-]#[N+]c1cc(C#N)c(-n2c3ccc(N(c4ccccc4)c4ccccc4)cc3c3c4ccccc4ccc32)c(-n2c3ccc(N(c4ccccc4)c4ccccc4)cc3c3c4ccccc4ccc32)c1. The fourth-order valence-electron chi connectivity index (χ4n) is 10.7. The van der Waals surface area contributed by atoms with Crippen molar-refractivity contribution in [3.8, 4) is 17.4 Å². The third-order valence-electron chi connectivity index (χ3n) is 13.6. The summed E-state index contributed by atoms with van der Waals surface area (Å²) in [5.74, 6) is 0. The molecule has 326 valence electrons. The van der Waals surface area contributed by atoms with Crippen LogP contribution in [0.2, 0.25) is 0 Å². The summed E-state index contributed by atoms with van der Waals surface area (Å²) in [6.07, 6.45) is 0. The van der Waals surface area contributed by atoms with Gasteiger partial charge in [-0.1, -0.05) is 133 Å². The summed E-state index contributed by atoms with van der Waals surface area (Å²) in [6.45, 7) is 8.40. The van der Waals surface area contributed by atoms with E-state index in [0.717, 1.165) is 105 Å². The van der Waals surface area contributed by atoms with Gasteiger partial charge in [-0.3, -0.25) is 0 Å². The first-order valence-corrected chi connectivity index (χ1v) is 23.4. The number of anilines is 6. The zero-order valence-electron chi connectivity index (χ0n) is 37.8. The number of rotatable bonds is 8. The molecule has 11 aromatic carbocycles. The van der Waals surface area contributed by atoms with Gasteiger partial charge in [-0.05, 0) is 131 Å². The highest BCUT2D eigenvalue weighted by molar-refractivity contribution is 6.24. The van der Waals surface area contributed by atoms with Crippen molar-refractivity contribution in [1.82, 2.24) is 9.13 Å². The summed E-state index contributed by atoms with van der Waals surface area (Å²) in [5.41, 5.74) is 12.3. The van der Waals surface area contributed by atoms with E-state index >= 15 is 0 Å². The van der Waals surface area contributed by atoms with Crippen LogP contribution in [0.25, 0.3) is 81.4 Å². The maximum Gasteiger partial charge on any atom is 0.190 e. The van der Waals surface area contributed by atoms with Crippen LogP contribution in [0.4, 0.5) is 39.8 Å². The Hall–Kier alpha value is -9.88. The van der Waals surface area contributed by atoms with E-state index in [1.165, 1.54) is 0 Å². The quantitative estimate of drug-likeness (QED) is 0.143. The minimum Gasteiger partial charge on any atom is -0.310 e. The van der Waals surface area contributed by atoms with E-state index in [1.807, 2.05) is 30.3 Å². The van der Waals surface area contributed by atoms with Gasteiger partial charge in [0.2, 0.25) is 0 Å². The van der Waals surface area contributed by atoms with Gasteiger partial charge < -0.3 is 18.9 Å². The molecule has 6 heteroatoms. The fourth-order valence-corrected chi connectivity index (χ4v) is 10.7. The molecule has 2 aromatic heterocycles. The van der Waals surface area contributed by atoms with Crippen LogP contribution < -0.4 is 9.80 Å². The highest BCUT2D eigenvalue weighted by Crippen LogP contribution is 2.47. The Morgan fingerprint density at radius 3 is 1.21 bits per heavy atom. The van der Waals surface area contributed by atoms with Crippen molar-refractivity contribution in [2.75, 3.05) is 9.80 Å². The van der Waals surface area contributed by atoms with Gasteiger partial charge in [0, 0.05) is 55.7 Å². The number of para-hydroxylation sites is 4. The number of hydrogen-bond donors (Lipinski definition) is 0. The summed E-state index contributed by atoms with van der Waals surface area (Å²) in [7, 11) is 0. The predicted molar refractivity (Wildman–Crippen MR) is 290 cm³/mol. The number of fused-ring (bicyclic) bond motifs is 10. The molecule has 70 heavy (non-hydrogen) atoms. The van der Waals surface area contributed by atoms with E-state index in [4.69, 9.17) is 6.57 Å². The molecule has 0 aliphatic rings. The van der Waals surface area contributed by atoms with Crippen LogP contribution >= 0.6 is 0 Å². The molecular formula is C64H40N6. The predicted octanol–water partition coefficient (Wildman–Crippen LogP) is 17.5. The van der Waals surface area contributed by atoms with Crippen LogP contribution in [0.5, 0.6) is 0 Å². The second-order valence-electron chi connectivity index (χ2n) is 17.5. The molecule has 0 fully saturated rings. The molecule has 0 spiro atoms. The Bertz CT molecular complexity index is 4180. The van der Waals surface area contributed by atoms with Gasteiger partial charge in [-0.2, -0.15) is 5.26 Å². The van der Waals surface area contributed by atoms with E-state index < -0.39 is 0 Å². The molecule has 0 N–H and O–H groups in total. The van der Waals surface area contributed by atoms with Crippen molar-refractivity contribution in [3.05, 3.63) is 260 Å². The van der Waals surface area contributed by atoms with Crippen molar-refractivity contribution in [1.29, 1.82) is 5.26 Å². The van der Waals surface area contributed by atoms with Crippen LogP contribution in [0.3, 0.4) is 0 Å². The zero-order valence-corrected chi connectivity index (χ0v) is 37.8. The number of benzene rings is 11. The molecular weight excluding hydrogens is 853 g/mol. The number of nitriles is 1. The van der Waals surface area contributed by atoms with Crippen molar-refractivity contribution in [3.63, 3.8) is 0 Å². The highest BCUT2D eigenvalue weighted by atomic mass is 15.2. The van der Waals surface area contributed by atoms with Gasteiger partial charge in [0.05, 0.1) is 45.6 Å². The molecule has 0 atom stereocenters. The van der Waals surface area contributed by atoms with Gasteiger partial charge >= 0.3 is 0 Å². The van der Waals surface area contributed by atoms with Crippen LogP contribution in [0, 0.1) is 17.9 Å². The number of hydrogen-bond acceptors (Lipinski definition) is 3. The molecule has 13 rings (SSSR count). The molecule has 0 saturated carbocycles. The fraction of sp³-hybridized carbons (Fsp3) is 0. The summed E-state index contributed by atoms with van der Waals surface area (Å²) >= 11 is 0. The average Bonchev–Trinajstić information content (AvgIpc) is 3.94. The van der Waals surface area contributed by atoms with E-state index in [1.54, 1.807) is 6.07 Å². The first kappa shape index (κ1) is 40.4. The normalized spacial score (nSPS) is 11.4. The third kappa shape index (κ3) is 6.40. The third-order valence-corrected chi connectivity index (χ3v) is 13.6. The standard InChI is InChI=1S/C64H40N6/c1-66-46-38-45(42-65)64(70-58-37-33-52(68(49-24-10-4-11-25-49)50-26-12-5-13-27-50)41-56(58)63-54-29-17-15-19-44(54)31-35-60(63)70)61(39-46)69-57-36-32-51(67(47-20-6-2-7-21-47)48-22-8-3-9-23-48)40-55(57)62-53-28-16-14-18-43(53)30-34-59(62)69/h2-41H. The molecule has 0 amide bonds. The Balaban J connectivity index is 1.14. The lowest BCUT2D eigenvalue weighted by atomic mass is 10.0. The van der Waals surface area contributed by atoms with Crippen LogP contribution in [-0.4, -0.2) is 9.13 Å². The lowest BCUT2D eigenvalue weighted by molar-refractivity contribution is 1.09. The minimum absolute atomic E-state index is 0.386. The Labute approximate surface area is 404 Å². The zero-order chi connectivity index (χ0) is 46.7. The van der Waals surface area contributed by atoms with Crippen LogP contribution in [0.15, 0.2) is 243 Å². The molecule has 0 aliphatic heterocycles. The lowest BCUT2D eigenvalue weighted by Gasteiger charge is -2.26. The van der Waals surface area contributed by atoms with Crippen LogP contribution in [-0.2, 0) is 0 Å². The molecule has 2 heterocycles. The number of nitrogens with zero attached hydrogens (tertiary/aromatic N) is 6. The van der Waals surface area contributed by atoms with Crippen molar-refractivity contribution in [2.45, 2.75) is 0 Å². The van der Waals surface area contributed by atoms with Gasteiger partial charge in [-0.15, -0.1) is 0 Å². The maximum absolute atomic E-state index is 11.3. The van der Waals surface area contributed by atoms with Gasteiger partial charge in [0.1, 0.15) is 6.07 Å². The smallest absolute Gasteiger partial charge is 0.190 e. The first-order chi connectivity index (χ1) is 34.7. The van der Waals surface area contributed by atoms with E-state index in [-0.39, 0.29) is 0 Å². The molecule has 0 saturated heterocycles. The Morgan fingerprint density at radius 1 is 0.371 bits per heavy atom. The van der Waals surface area contributed by atoms with Crippen molar-refractivity contribution in [2.24, 2.45) is 0 Å². The van der Waals surface area contributed by atoms with E-state index in [9.17, 15) is 5.26 Å². The number of aromatic nitrogens is 2. The Kier molecular flexibility index (Phi) is 9.50. The Morgan fingerprint density at radius 2 is 0.771 bits per heavy atom. The van der Waals surface area contributed by atoms with E-state index in [0.29, 0.717) is 16.9 Å². The largest absolute Gasteiger partial charge is 0.310 e. The summed E-state index contributed by atoms with van der Waals surface area (Å²) in [4.78, 5) is 8.59. The molecule has 6 nitrogen and oxygen atoms in total. The summed E-state index contributed by atoms with van der Waals surface area (Å²) in [5, 5.41) is 20.1. The van der Waals surface area contributed by atoms with Crippen molar-refractivity contribution >= 4 is 105 Å². The molecule has 0 unspecified atom stereocenters. The second kappa shape index (κ2) is 16.5. The highest BCUT2D eigenvalue weighted by Gasteiger charge is 2.26. The maximum atomic E-state index is 11.3. The topological polar surface area (TPSA) is 44.5 Å². The summed E-state index contributed by atoms with van der Waals surface area (Å²) < 4.78 is 4.54. The van der Waals surface area contributed by atoms with Gasteiger partial charge in [0.15, 0.2) is 5.69 Å².